The fourth-order valence-corrected chi connectivity index (χ4v) is 6.96. The number of nitrogens with zero attached hydrogens (tertiary/aromatic N) is 2. The number of piperidine rings is 3. The van der Waals surface area contributed by atoms with E-state index < -0.39 is 0 Å². The lowest BCUT2D eigenvalue weighted by atomic mass is 9.72. The summed E-state index contributed by atoms with van der Waals surface area (Å²) in [5.41, 5.74) is 1.98. The first-order valence-electron chi connectivity index (χ1n) is 13.6. The van der Waals surface area contributed by atoms with Crippen LogP contribution in [0.1, 0.15) is 37.9 Å². The van der Waals surface area contributed by atoms with Crippen molar-refractivity contribution in [2.24, 2.45) is 11.8 Å². The molecule has 4 nitrogen and oxygen atoms in total. The standard InChI is InChI=1S/C33H32N2O2/c1-2-21-20-35-16-14-22(21)17-31(35)33(28-13-15-34-30-12-11-24(36)19-29(28)30)37-32-18-23-7-3-4-8-25(23)26-9-5-6-10-27(26)32/h3-13,15,18-19,21-22,31,33,36H,2,14,16-17,20H2,1H3/t21?,22?,31?,33-/m0/s1. The molecule has 4 aromatic carbocycles. The summed E-state index contributed by atoms with van der Waals surface area (Å²) < 4.78 is 7.18. The maximum absolute atomic E-state index is 10.4. The predicted molar refractivity (Wildman–Crippen MR) is 150 cm³/mol. The zero-order chi connectivity index (χ0) is 24.9. The average Bonchev–Trinajstić information content (AvgIpc) is 2.96. The lowest BCUT2D eigenvalue weighted by Crippen LogP contribution is -2.56. The number of phenolic OH excluding ortho intramolecular Hbond substituents is 1. The zero-order valence-corrected chi connectivity index (χ0v) is 21.2. The number of aromatic hydroxyl groups is 1. The smallest absolute Gasteiger partial charge is 0.140 e. The molecule has 3 saturated heterocycles. The Morgan fingerprint density at radius 2 is 1.76 bits per heavy atom. The maximum atomic E-state index is 10.4. The fourth-order valence-electron chi connectivity index (χ4n) is 6.96. The van der Waals surface area contributed by atoms with Crippen LogP contribution < -0.4 is 4.74 Å². The van der Waals surface area contributed by atoms with Crippen LogP contribution >= 0.6 is 0 Å². The Kier molecular flexibility index (Phi) is 5.51. The summed E-state index contributed by atoms with van der Waals surface area (Å²) in [5.74, 6) is 2.68. The van der Waals surface area contributed by atoms with E-state index in [2.05, 4.69) is 77.5 Å². The number of pyridine rings is 1. The first-order chi connectivity index (χ1) is 18.2. The molecule has 4 unspecified atom stereocenters. The molecule has 186 valence electrons. The van der Waals surface area contributed by atoms with Gasteiger partial charge in [0.2, 0.25) is 0 Å². The van der Waals surface area contributed by atoms with Gasteiger partial charge in [-0.3, -0.25) is 9.88 Å². The van der Waals surface area contributed by atoms with Crippen molar-refractivity contribution in [1.29, 1.82) is 0 Å². The monoisotopic (exact) mass is 488 g/mol. The Balaban J connectivity index is 1.41. The number of phenols is 1. The Bertz CT molecular complexity index is 1610. The minimum Gasteiger partial charge on any atom is -0.508 e. The van der Waals surface area contributed by atoms with Crippen LogP contribution in [-0.2, 0) is 0 Å². The lowest BCUT2D eigenvalue weighted by molar-refractivity contribution is -0.0480. The molecule has 1 aromatic heterocycles. The molecule has 5 aromatic rings. The van der Waals surface area contributed by atoms with Crippen molar-refractivity contribution in [2.45, 2.75) is 38.3 Å². The van der Waals surface area contributed by atoms with Gasteiger partial charge < -0.3 is 9.84 Å². The van der Waals surface area contributed by atoms with Crippen molar-refractivity contribution >= 4 is 32.4 Å². The van der Waals surface area contributed by atoms with Gasteiger partial charge in [0, 0.05) is 29.1 Å². The topological polar surface area (TPSA) is 45.6 Å². The normalized spacial score (nSPS) is 24.0. The van der Waals surface area contributed by atoms with E-state index in [1.54, 1.807) is 6.07 Å². The second-order valence-corrected chi connectivity index (χ2v) is 10.8. The average molecular weight is 489 g/mol. The SMILES string of the molecule is CCC1CN2CCC1CC2[C@@H](Oc1cc2ccccc2c2ccccc12)c1ccnc2ccc(O)cc12. The van der Waals surface area contributed by atoms with Gasteiger partial charge in [0.05, 0.1) is 11.6 Å². The maximum Gasteiger partial charge on any atom is 0.140 e. The fraction of sp³-hybridized carbons (Fsp3) is 0.303. The predicted octanol–water partition coefficient (Wildman–Crippen LogP) is 7.49. The van der Waals surface area contributed by atoms with Crippen LogP contribution in [0.5, 0.6) is 11.5 Å². The highest BCUT2D eigenvalue weighted by Crippen LogP contribution is 2.45. The summed E-state index contributed by atoms with van der Waals surface area (Å²) >= 11 is 0. The van der Waals surface area contributed by atoms with Gasteiger partial charge in [-0.2, -0.15) is 0 Å². The molecule has 0 aliphatic carbocycles. The Morgan fingerprint density at radius 1 is 0.946 bits per heavy atom. The molecule has 3 aliphatic rings. The summed E-state index contributed by atoms with van der Waals surface area (Å²) in [5, 5.41) is 16.1. The molecule has 0 radical (unpaired) electrons. The quantitative estimate of drug-likeness (QED) is 0.260. The number of fused-ring (bicyclic) bond motifs is 7. The highest BCUT2D eigenvalue weighted by molar-refractivity contribution is 6.10. The second kappa shape index (κ2) is 9.04. The van der Waals surface area contributed by atoms with Crippen LogP contribution in [0.3, 0.4) is 0 Å². The van der Waals surface area contributed by atoms with Gasteiger partial charge in [-0.05, 0) is 77.7 Å². The van der Waals surface area contributed by atoms with Crippen molar-refractivity contribution in [3.63, 3.8) is 0 Å². The van der Waals surface area contributed by atoms with E-state index in [4.69, 9.17) is 4.74 Å². The Hall–Kier alpha value is -3.63. The molecule has 5 atom stereocenters. The van der Waals surface area contributed by atoms with Gasteiger partial charge in [0.25, 0.3) is 0 Å². The lowest BCUT2D eigenvalue weighted by Gasteiger charge is -2.52. The molecule has 37 heavy (non-hydrogen) atoms. The highest BCUT2D eigenvalue weighted by atomic mass is 16.5. The van der Waals surface area contributed by atoms with Crippen molar-refractivity contribution in [2.75, 3.05) is 13.1 Å². The molecule has 0 spiro atoms. The van der Waals surface area contributed by atoms with E-state index in [0.717, 1.165) is 58.9 Å². The van der Waals surface area contributed by atoms with Crippen LogP contribution in [0.15, 0.2) is 85.1 Å². The summed E-state index contributed by atoms with van der Waals surface area (Å²) in [4.78, 5) is 7.27. The number of aromatic nitrogens is 1. The summed E-state index contributed by atoms with van der Waals surface area (Å²) in [6, 6.07) is 27.1. The van der Waals surface area contributed by atoms with E-state index in [-0.39, 0.29) is 17.9 Å². The Labute approximate surface area is 217 Å². The second-order valence-electron chi connectivity index (χ2n) is 10.8. The minimum atomic E-state index is -0.169. The number of benzene rings is 4. The molecular weight excluding hydrogens is 456 g/mol. The molecule has 0 amide bonds. The van der Waals surface area contributed by atoms with Crippen molar-refractivity contribution in [1.82, 2.24) is 9.88 Å². The number of hydrogen-bond donors (Lipinski definition) is 1. The van der Waals surface area contributed by atoms with Gasteiger partial charge in [-0.25, -0.2) is 0 Å². The van der Waals surface area contributed by atoms with Crippen LogP contribution in [0.4, 0.5) is 0 Å². The number of hydrogen-bond acceptors (Lipinski definition) is 4. The highest BCUT2D eigenvalue weighted by Gasteiger charge is 2.44. The van der Waals surface area contributed by atoms with Crippen LogP contribution in [0, 0.1) is 11.8 Å². The first-order valence-corrected chi connectivity index (χ1v) is 13.6. The molecule has 4 heterocycles. The van der Waals surface area contributed by atoms with E-state index in [1.165, 1.54) is 29.0 Å². The molecule has 3 fully saturated rings. The van der Waals surface area contributed by atoms with Gasteiger partial charge in [-0.1, -0.05) is 61.9 Å². The molecule has 8 rings (SSSR count). The van der Waals surface area contributed by atoms with Crippen LogP contribution in [-0.4, -0.2) is 34.1 Å². The van der Waals surface area contributed by atoms with E-state index >= 15 is 0 Å². The number of ether oxygens (including phenoxy) is 1. The van der Waals surface area contributed by atoms with E-state index in [0.29, 0.717) is 0 Å². The van der Waals surface area contributed by atoms with Crippen molar-refractivity contribution in [3.8, 4) is 11.5 Å². The van der Waals surface area contributed by atoms with Crippen LogP contribution in [0.25, 0.3) is 32.4 Å². The molecule has 0 saturated carbocycles. The number of rotatable bonds is 5. The summed E-state index contributed by atoms with van der Waals surface area (Å²) in [7, 11) is 0. The molecule has 4 heteroatoms. The third kappa shape index (κ3) is 3.82. The zero-order valence-electron chi connectivity index (χ0n) is 21.2. The summed E-state index contributed by atoms with van der Waals surface area (Å²) in [6.45, 7) is 4.59. The molecular formula is C33H32N2O2. The van der Waals surface area contributed by atoms with Gasteiger partial charge in [0.1, 0.15) is 17.6 Å². The van der Waals surface area contributed by atoms with Crippen molar-refractivity contribution < 1.29 is 9.84 Å². The van der Waals surface area contributed by atoms with E-state index in [9.17, 15) is 5.11 Å². The Morgan fingerprint density at radius 3 is 2.57 bits per heavy atom. The third-order valence-electron chi connectivity index (χ3n) is 8.86. The first kappa shape index (κ1) is 22.6. The minimum absolute atomic E-state index is 0.169. The van der Waals surface area contributed by atoms with Crippen LogP contribution in [0.2, 0.25) is 0 Å². The van der Waals surface area contributed by atoms with Gasteiger partial charge >= 0.3 is 0 Å². The third-order valence-corrected chi connectivity index (χ3v) is 8.86. The molecule has 1 N–H and O–H groups in total. The van der Waals surface area contributed by atoms with E-state index in [1.807, 2.05) is 18.3 Å². The largest absolute Gasteiger partial charge is 0.508 e. The van der Waals surface area contributed by atoms with Gasteiger partial charge in [-0.15, -0.1) is 0 Å². The summed E-state index contributed by atoms with van der Waals surface area (Å²) in [6.07, 6.45) is 5.36. The van der Waals surface area contributed by atoms with Gasteiger partial charge in [0.15, 0.2) is 0 Å². The molecule has 2 bridgehead atoms. The van der Waals surface area contributed by atoms with Crippen molar-refractivity contribution in [3.05, 3.63) is 90.6 Å². The molecule has 3 aliphatic heterocycles.